The van der Waals surface area contributed by atoms with Crippen LogP contribution >= 0.6 is 0 Å². The van der Waals surface area contributed by atoms with Gasteiger partial charge in [-0.2, -0.15) is 0 Å². The average molecular weight is 471 g/mol. The van der Waals surface area contributed by atoms with Gasteiger partial charge < -0.3 is 15.9 Å². The molecule has 34 heavy (non-hydrogen) atoms. The number of primary amides is 1. The van der Waals surface area contributed by atoms with Crippen LogP contribution in [0.1, 0.15) is 41.8 Å². The number of aromatic hydroxyl groups is 1. The number of amides is 1. The van der Waals surface area contributed by atoms with Crippen molar-refractivity contribution in [3.05, 3.63) is 28.8 Å². The number of phenolic OH excluding ortho intramolecular Hbond substituents is 1. The third kappa shape index (κ3) is 3.25. The van der Waals surface area contributed by atoms with Crippen LogP contribution in [0.2, 0.25) is 0 Å². The molecule has 2 saturated carbocycles. The van der Waals surface area contributed by atoms with Crippen molar-refractivity contribution in [3.63, 3.8) is 0 Å². The number of ketones is 4. The molecule has 0 aromatic heterocycles. The number of hydrogen-bond donors (Lipinski definition) is 3. The van der Waals surface area contributed by atoms with Gasteiger partial charge in [0.1, 0.15) is 5.75 Å². The van der Waals surface area contributed by atoms with Gasteiger partial charge in [0.15, 0.2) is 34.7 Å². The number of aliphatic hydroxyl groups is 1. The first-order valence-corrected chi connectivity index (χ1v) is 11.5. The highest BCUT2D eigenvalue weighted by Crippen LogP contribution is 2.51. The summed E-state index contributed by atoms with van der Waals surface area (Å²) in [5.74, 6) is -9.87. The first-order valence-electron chi connectivity index (χ1n) is 11.5. The van der Waals surface area contributed by atoms with Crippen LogP contribution in [0.5, 0.6) is 5.75 Å². The molecule has 0 bridgehead atoms. The summed E-state index contributed by atoms with van der Waals surface area (Å²) in [6, 6.07) is 2.10. The topological polar surface area (TPSA) is 155 Å². The molecule has 3 aliphatic rings. The summed E-state index contributed by atoms with van der Waals surface area (Å²) < 4.78 is 0. The Morgan fingerprint density at radius 3 is 2.38 bits per heavy atom. The van der Waals surface area contributed by atoms with Gasteiger partial charge in [-0.05, 0) is 62.4 Å². The Bertz CT molecular complexity index is 1120. The molecule has 3 aliphatic carbocycles. The smallest absolute Gasteiger partial charge is 0.235 e. The minimum atomic E-state index is -2.69. The van der Waals surface area contributed by atoms with Crippen molar-refractivity contribution in [2.45, 2.75) is 44.8 Å². The zero-order chi connectivity index (χ0) is 25.3. The summed E-state index contributed by atoms with van der Waals surface area (Å²) in [6.07, 6.45) is 1.02. The lowest BCUT2D eigenvalue weighted by molar-refractivity contribution is -0.181. The van der Waals surface area contributed by atoms with E-state index in [1.807, 2.05) is 13.8 Å². The Hall–Kier alpha value is -2.91. The lowest BCUT2D eigenvalue weighted by Gasteiger charge is -2.52. The fourth-order valence-electron chi connectivity index (χ4n) is 6.30. The third-order valence-corrected chi connectivity index (χ3v) is 7.67. The van der Waals surface area contributed by atoms with E-state index < -0.39 is 64.4 Å². The zero-order valence-corrected chi connectivity index (χ0v) is 19.7. The van der Waals surface area contributed by atoms with Gasteiger partial charge in [0.2, 0.25) is 5.91 Å². The molecule has 4 rings (SSSR count). The van der Waals surface area contributed by atoms with E-state index in [2.05, 4.69) is 0 Å². The molecule has 0 radical (unpaired) electrons. The summed E-state index contributed by atoms with van der Waals surface area (Å²) in [6.45, 7) is 4.07. The van der Waals surface area contributed by atoms with Crippen molar-refractivity contribution in [2.24, 2.45) is 35.3 Å². The number of rotatable bonds is 4. The Balaban J connectivity index is 1.86. The fraction of sp³-hybridized carbons (Fsp3) is 0.560. The Morgan fingerprint density at radius 1 is 1.18 bits per heavy atom. The second kappa shape index (κ2) is 8.09. The first-order chi connectivity index (χ1) is 15.8. The van der Waals surface area contributed by atoms with E-state index in [9.17, 15) is 34.2 Å². The van der Waals surface area contributed by atoms with E-state index in [0.29, 0.717) is 18.4 Å². The lowest BCUT2D eigenvalue weighted by atomic mass is 9.52. The summed E-state index contributed by atoms with van der Waals surface area (Å²) in [5.41, 5.74) is 4.24. The van der Waals surface area contributed by atoms with Crippen LogP contribution in [0.25, 0.3) is 0 Å². The number of phenols is 1. The van der Waals surface area contributed by atoms with E-state index in [1.54, 1.807) is 20.2 Å². The number of carbonyl (C=O) groups is 5. The lowest BCUT2D eigenvalue weighted by Crippen LogP contribution is -2.74. The molecule has 0 saturated heterocycles. The molecule has 1 amide bonds. The predicted octanol–water partition coefficient (Wildman–Crippen LogP) is 0.0655. The number of likely N-dealkylation sites (N-methyl/N-ethyl adjacent to an activating group) is 1. The van der Waals surface area contributed by atoms with Crippen molar-refractivity contribution in [1.82, 2.24) is 4.90 Å². The maximum Gasteiger partial charge on any atom is 0.235 e. The summed E-state index contributed by atoms with van der Waals surface area (Å²) in [4.78, 5) is 67.0. The van der Waals surface area contributed by atoms with E-state index in [1.165, 1.54) is 11.0 Å². The van der Waals surface area contributed by atoms with Crippen LogP contribution in [0.15, 0.2) is 12.1 Å². The summed E-state index contributed by atoms with van der Waals surface area (Å²) in [5, 5.41) is 22.0. The molecule has 9 nitrogen and oxygen atoms in total. The number of Topliss-reactive ketones (excluding diaryl/α,β-unsaturated/α-hetero) is 4. The van der Waals surface area contributed by atoms with Crippen molar-refractivity contribution in [2.75, 3.05) is 14.1 Å². The molecule has 2 fully saturated rings. The highest BCUT2D eigenvalue weighted by Gasteiger charge is 2.69. The van der Waals surface area contributed by atoms with E-state index in [4.69, 9.17) is 5.73 Å². The number of carbonyl (C=O) groups excluding carboxylic acids is 5. The molecule has 6 unspecified atom stereocenters. The Labute approximate surface area is 197 Å². The van der Waals surface area contributed by atoms with Crippen molar-refractivity contribution < 1.29 is 34.2 Å². The van der Waals surface area contributed by atoms with Crippen molar-refractivity contribution >= 4 is 29.0 Å². The monoisotopic (exact) mass is 470 g/mol. The van der Waals surface area contributed by atoms with Gasteiger partial charge in [-0.1, -0.05) is 19.9 Å². The van der Waals surface area contributed by atoms with Crippen LogP contribution in [0, 0.1) is 29.6 Å². The standard InChI is InChI=1S/C25H30N2O7/c1-10(2)7-11-5-6-15(28)17-13(11)8-12-9-14-19(27(3)4)21(30)18(24(26)33)23(32)25(14,34)22(31)16(12)20(17)29/h5-6,10,12,14,16,18-19,28,34H,7-9H2,1-4H3,(H2,26,33). The largest absolute Gasteiger partial charge is 0.507 e. The van der Waals surface area contributed by atoms with Gasteiger partial charge in [0.25, 0.3) is 0 Å². The highest BCUT2D eigenvalue weighted by atomic mass is 16.3. The molecule has 0 heterocycles. The van der Waals surface area contributed by atoms with Gasteiger partial charge in [-0.25, -0.2) is 0 Å². The van der Waals surface area contributed by atoms with Gasteiger partial charge in [0.05, 0.1) is 17.5 Å². The van der Waals surface area contributed by atoms with Crippen LogP contribution in [0.3, 0.4) is 0 Å². The van der Waals surface area contributed by atoms with Crippen LogP contribution in [-0.2, 0) is 32.0 Å². The molecule has 4 N–H and O–H groups in total. The molecular formula is C25H30N2O7. The molecule has 6 atom stereocenters. The summed E-state index contributed by atoms with van der Waals surface area (Å²) >= 11 is 0. The minimum Gasteiger partial charge on any atom is -0.507 e. The Kier molecular flexibility index (Phi) is 5.77. The second-order valence-corrected chi connectivity index (χ2v) is 10.5. The van der Waals surface area contributed by atoms with Gasteiger partial charge in [-0.15, -0.1) is 0 Å². The third-order valence-electron chi connectivity index (χ3n) is 7.67. The minimum absolute atomic E-state index is 0.0461. The SMILES string of the molecule is CC(C)Cc1ccc(O)c2c1CC1CC3C(N(C)C)C(=O)C(C(N)=O)C(=O)C3(O)C(=O)C1C2=O. The molecule has 1 aromatic rings. The number of hydrogen-bond acceptors (Lipinski definition) is 8. The van der Waals surface area contributed by atoms with Gasteiger partial charge in [0, 0.05) is 5.92 Å². The maximum atomic E-state index is 13.7. The number of nitrogens with zero attached hydrogens (tertiary/aromatic N) is 1. The maximum absolute atomic E-state index is 13.7. The molecule has 9 heteroatoms. The molecule has 0 aliphatic heterocycles. The number of fused-ring (bicyclic) bond motifs is 3. The second-order valence-electron chi connectivity index (χ2n) is 10.5. The van der Waals surface area contributed by atoms with Gasteiger partial charge >= 0.3 is 0 Å². The highest BCUT2D eigenvalue weighted by molar-refractivity contribution is 6.32. The van der Waals surface area contributed by atoms with Crippen molar-refractivity contribution in [3.8, 4) is 5.75 Å². The predicted molar refractivity (Wildman–Crippen MR) is 120 cm³/mol. The summed E-state index contributed by atoms with van der Waals surface area (Å²) in [7, 11) is 3.13. The number of nitrogens with two attached hydrogens (primary N) is 1. The number of benzene rings is 1. The van der Waals surface area contributed by atoms with E-state index in [0.717, 1.165) is 5.56 Å². The molecule has 0 spiro atoms. The van der Waals surface area contributed by atoms with E-state index in [-0.39, 0.29) is 23.7 Å². The molecular weight excluding hydrogens is 440 g/mol. The fourth-order valence-corrected chi connectivity index (χ4v) is 6.30. The van der Waals surface area contributed by atoms with E-state index >= 15 is 0 Å². The van der Waals surface area contributed by atoms with Crippen LogP contribution in [0.4, 0.5) is 0 Å². The zero-order valence-electron chi connectivity index (χ0n) is 19.7. The van der Waals surface area contributed by atoms with Crippen LogP contribution in [-0.4, -0.2) is 69.9 Å². The Morgan fingerprint density at radius 2 is 1.82 bits per heavy atom. The van der Waals surface area contributed by atoms with Gasteiger partial charge in [-0.3, -0.25) is 28.9 Å². The van der Waals surface area contributed by atoms with Crippen molar-refractivity contribution in [1.29, 1.82) is 0 Å². The molecule has 1 aromatic carbocycles. The molecule has 182 valence electrons. The normalized spacial score (nSPS) is 33.1. The average Bonchev–Trinajstić information content (AvgIpc) is 2.72. The quantitative estimate of drug-likeness (QED) is 0.522. The van der Waals surface area contributed by atoms with Crippen LogP contribution < -0.4 is 5.73 Å². The first kappa shape index (κ1) is 24.2.